The Labute approximate surface area is 120 Å². The van der Waals surface area contributed by atoms with Crippen molar-refractivity contribution in [2.75, 3.05) is 7.11 Å². The van der Waals surface area contributed by atoms with Crippen molar-refractivity contribution in [1.29, 1.82) is 0 Å². The number of ether oxygens (including phenoxy) is 1. The van der Waals surface area contributed by atoms with E-state index in [1.807, 2.05) is 12.3 Å². The average Bonchev–Trinajstić information content (AvgIpc) is 2.72. The molecule has 2 aromatic rings. The zero-order valence-corrected chi connectivity index (χ0v) is 12.1. The standard InChI is InChI=1S/C13H14ClFN2OS/c1-7-6-19-13(11(7)14)12(17-16)8-3-4-10(18-2)9(15)5-8/h3-6,12,17H,16H2,1-2H3. The summed E-state index contributed by atoms with van der Waals surface area (Å²) in [5, 5.41) is 2.60. The van der Waals surface area contributed by atoms with E-state index in [9.17, 15) is 4.39 Å². The molecule has 0 bridgehead atoms. The van der Waals surface area contributed by atoms with Crippen LogP contribution in [0, 0.1) is 12.7 Å². The van der Waals surface area contributed by atoms with Gasteiger partial charge in [-0.3, -0.25) is 5.84 Å². The highest BCUT2D eigenvalue weighted by atomic mass is 35.5. The van der Waals surface area contributed by atoms with Gasteiger partial charge < -0.3 is 4.74 Å². The van der Waals surface area contributed by atoms with Crippen LogP contribution in [-0.2, 0) is 0 Å². The number of nitrogens with two attached hydrogens (primary N) is 1. The topological polar surface area (TPSA) is 47.3 Å². The lowest BCUT2D eigenvalue weighted by molar-refractivity contribution is 0.386. The highest BCUT2D eigenvalue weighted by Crippen LogP contribution is 2.36. The van der Waals surface area contributed by atoms with Crippen molar-refractivity contribution in [3.63, 3.8) is 0 Å². The average molecular weight is 301 g/mol. The number of hydrazine groups is 1. The Hall–Kier alpha value is -1.14. The van der Waals surface area contributed by atoms with Crippen LogP contribution in [0.25, 0.3) is 0 Å². The first-order valence-electron chi connectivity index (χ1n) is 5.61. The van der Waals surface area contributed by atoms with Gasteiger partial charge in [-0.1, -0.05) is 17.7 Å². The number of hydrogen-bond acceptors (Lipinski definition) is 4. The zero-order chi connectivity index (χ0) is 14.0. The molecule has 0 aliphatic rings. The number of benzene rings is 1. The quantitative estimate of drug-likeness (QED) is 0.672. The third kappa shape index (κ3) is 2.74. The summed E-state index contributed by atoms with van der Waals surface area (Å²) in [7, 11) is 1.43. The molecule has 102 valence electrons. The molecule has 0 saturated carbocycles. The van der Waals surface area contributed by atoms with Crippen LogP contribution in [0.3, 0.4) is 0 Å². The maximum absolute atomic E-state index is 13.7. The second-order valence-electron chi connectivity index (χ2n) is 4.09. The smallest absolute Gasteiger partial charge is 0.165 e. The van der Waals surface area contributed by atoms with E-state index >= 15 is 0 Å². The summed E-state index contributed by atoms with van der Waals surface area (Å²) in [5.41, 5.74) is 4.35. The molecule has 3 nitrogen and oxygen atoms in total. The predicted octanol–water partition coefficient (Wildman–Crippen LogP) is 3.41. The van der Waals surface area contributed by atoms with Crippen molar-refractivity contribution in [3.8, 4) is 5.75 Å². The van der Waals surface area contributed by atoms with Gasteiger partial charge in [-0.15, -0.1) is 11.3 Å². The van der Waals surface area contributed by atoms with E-state index in [0.29, 0.717) is 10.6 Å². The van der Waals surface area contributed by atoms with Crippen molar-refractivity contribution >= 4 is 22.9 Å². The fourth-order valence-electron chi connectivity index (χ4n) is 1.83. The molecule has 2 rings (SSSR count). The van der Waals surface area contributed by atoms with Gasteiger partial charge in [0.25, 0.3) is 0 Å². The molecule has 1 unspecified atom stereocenters. The summed E-state index contributed by atoms with van der Waals surface area (Å²) < 4.78 is 18.6. The molecule has 0 amide bonds. The first-order valence-corrected chi connectivity index (χ1v) is 6.87. The van der Waals surface area contributed by atoms with E-state index in [0.717, 1.165) is 10.4 Å². The molecule has 0 aliphatic heterocycles. The highest BCUT2D eigenvalue weighted by molar-refractivity contribution is 7.10. The third-order valence-electron chi connectivity index (χ3n) is 2.86. The van der Waals surface area contributed by atoms with Crippen LogP contribution >= 0.6 is 22.9 Å². The number of halogens is 2. The lowest BCUT2D eigenvalue weighted by Crippen LogP contribution is -2.28. The monoisotopic (exact) mass is 300 g/mol. The Bertz CT molecular complexity index is 588. The summed E-state index contributed by atoms with van der Waals surface area (Å²) >= 11 is 7.72. The normalized spacial score (nSPS) is 12.5. The van der Waals surface area contributed by atoms with E-state index < -0.39 is 5.82 Å². The van der Waals surface area contributed by atoms with Crippen molar-refractivity contribution in [3.05, 3.63) is 50.4 Å². The molecular formula is C13H14ClFN2OS. The fraction of sp³-hybridized carbons (Fsp3) is 0.231. The molecule has 0 saturated heterocycles. The number of rotatable bonds is 4. The third-order valence-corrected chi connectivity index (χ3v) is 4.64. The van der Waals surface area contributed by atoms with Crippen LogP contribution in [0.1, 0.15) is 22.0 Å². The van der Waals surface area contributed by atoms with Crippen molar-refractivity contribution in [2.45, 2.75) is 13.0 Å². The second kappa shape index (κ2) is 5.88. The lowest BCUT2D eigenvalue weighted by atomic mass is 10.0. The summed E-state index contributed by atoms with van der Waals surface area (Å²) in [5.74, 6) is 5.36. The molecule has 6 heteroatoms. The van der Waals surface area contributed by atoms with Gasteiger partial charge in [0.2, 0.25) is 0 Å². The predicted molar refractivity (Wildman–Crippen MR) is 76.2 cm³/mol. The van der Waals surface area contributed by atoms with Crippen molar-refractivity contribution < 1.29 is 9.13 Å². The summed E-state index contributed by atoms with van der Waals surface area (Å²) in [6, 6.07) is 4.39. The molecule has 0 fully saturated rings. The number of thiophene rings is 1. The summed E-state index contributed by atoms with van der Waals surface area (Å²) in [6.45, 7) is 1.92. The maximum atomic E-state index is 13.7. The zero-order valence-electron chi connectivity index (χ0n) is 10.5. The molecule has 0 spiro atoms. The molecule has 3 N–H and O–H groups in total. The molecule has 1 heterocycles. The Morgan fingerprint density at radius 2 is 2.21 bits per heavy atom. The van der Waals surface area contributed by atoms with Gasteiger partial charge in [0.15, 0.2) is 11.6 Å². The maximum Gasteiger partial charge on any atom is 0.165 e. The van der Waals surface area contributed by atoms with Gasteiger partial charge in [0.1, 0.15) is 0 Å². The number of nitrogens with one attached hydrogen (secondary N) is 1. The molecule has 0 radical (unpaired) electrons. The minimum absolute atomic E-state index is 0.202. The van der Waals surface area contributed by atoms with Gasteiger partial charge in [0.05, 0.1) is 18.2 Å². The van der Waals surface area contributed by atoms with E-state index in [1.54, 1.807) is 12.1 Å². The molecule has 0 aliphatic carbocycles. The van der Waals surface area contributed by atoms with E-state index in [4.69, 9.17) is 22.2 Å². The number of aryl methyl sites for hydroxylation is 1. The van der Waals surface area contributed by atoms with E-state index in [1.165, 1.54) is 24.5 Å². The minimum atomic E-state index is -0.426. The summed E-state index contributed by atoms with van der Waals surface area (Å²) in [6.07, 6.45) is 0. The first-order chi connectivity index (χ1) is 9.08. The van der Waals surface area contributed by atoms with Gasteiger partial charge >= 0.3 is 0 Å². The number of hydrogen-bond donors (Lipinski definition) is 2. The Morgan fingerprint density at radius 1 is 1.47 bits per heavy atom. The van der Waals surface area contributed by atoms with E-state index in [2.05, 4.69) is 5.43 Å². The number of methoxy groups -OCH3 is 1. The molecule has 1 aromatic heterocycles. The van der Waals surface area contributed by atoms with Crippen LogP contribution < -0.4 is 16.0 Å². The van der Waals surface area contributed by atoms with Gasteiger partial charge in [-0.25, -0.2) is 9.82 Å². The molecular weight excluding hydrogens is 287 g/mol. The van der Waals surface area contributed by atoms with Crippen LogP contribution in [0.5, 0.6) is 5.75 Å². The van der Waals surface area contributed by atoms with Crippen LogP contribution in [0.2, 0.25) is 5.02 Å². The van der Waals surface area contributed by atoms with E-state index in [-0.39, 0.29) is 11.8 Å². The largest absolute Gasteiger partial charge is 0.494 e. The van der Waals surface area contributed by atoms with Gasteiger partial charge in [-0.2, -0.15) is 0 Å². The van der Waals surface area contributed by atoms with Crippen molar-refractivity contribution in [2.24, 2.45) is 5.84 Å². The molecule has 1 atom stereocenters. The van der Waals surface area contributed by atoms with Gasteiger partial charge in [-0.05, 0) is 35.6 Å². The lowest BCUT2D eigenvalue weighted by Gasteiger charge is -2.16. The highest BCUT2D eigenvalue weighted by Gasteiger charge is 2.20. The van der Waals surface area contributed by atoms with Crippen molar-refractivity contribution in [1.82, 2.24) is 5.43 Å². The van der Waals surface area contributed by atoms with Crippen LogP contribution in [-0.4, -0.2) is 7.11 Å². The Kier molecular flexibility index (Phi) is 4.42. The van der Waals surface area contributed by atoms with Gasteiger partial charge in [0, 0.05) is 4.88 Å². The fourth-order valence-corrected chi connectivity index (χ4v) is 3.22. The molecule has 19 heavy (non-hydrogen) atoms. The summed E-state index contributed by atoms with van der Waals surface area (Å²) in [4.78, 5) is 0.867. The second-order valence-corrected chi connectivity index (χ2v) is 5.38. The minimum Gasteiger partial charge on any atom is -0.494 e. The van der Waals surface area contributed by atoms with Crippen LogP contribution in [0.4, 0.5) is 4.39 Å². The molecule has 1 aromatic carbocycles. The van der Waals surface area contributed by atoms with Crippen LogP contribution in [0.15, 0.2) is 23.6 Å². The SMILES string of the molecule is COc1ccc(C(NN)c2scc(C)c2Cl)cc1F. The first kappa shape index (κ1) is 14.3. The Balaban J connectivity index is 2.42. The Morgan fingerprint density at radius 3 is 2.68 bits per heavy atom.